The summed E-state index contributed by atoms with van der Waals surface area (Å²) in [4.78, 5) is 14.2. The summed E-state index contributed by atoms with van der Waals surface area (Å²) in [6.07, 6.45) is 4.65. The molecule has 1 saturated heterocycles. The van der Waals surface area contributed by atoms with Crippen molar-refractivity contribution >= 4 is 5.78 Å². The van der Waals surface area contributed by atoms with Gasteiger partial charge in [0.15, 0.2) is 5.78 Å². The van der Waals surface area contributed by atoms with Gasteiger partial charge in [-0.2, -0.15) is 0 Å². The van der Waals surface area contributed by atoms with E-state index in [-0.39, 0.29) is 24.2 Å². The normalized spacial score (nSPS) is 20.0. The van der Waals surface area contributed by atoms with E-state index in [4.69, 9.17) is 0 Å². The third-order valence-electron chi connectivity index (χ3n) is 3.98. The minimum atomic E-state index is -0.319. The average Bonchev–Trinajstić information content (AvgIpc) is 2.48. The molecule has 3 nitrogen and oxygen atoms in total. The Morgan fingerprint density at radius 1 is 1.30 bits per heavy atom. The Balaban J connectivity index is 1.77. The van der Waals surface area contributed by atoms with E-state index < -0.39 is 0 Å². The molecular formula is C16H22FNO2. The molecule has 0 aromatic heterocycles. The van der Waals surface area contributed by atoms with Crippen LogP contribution in [0.1, 0.15) is 42.5 Å². The van der Waals surface area contributed by atoms with Crippen LogP contribution in [-0.4, -0.2) is 41.5 Å². The number of halogens is 1. The van der Waals surface area contributed by atoms with E-state index in [1.54, 1.807) is 0 Å². The molecule has 0 saturated carbocycles. The lowest BCUT2D eigenvalue weighted by Crippen LogP contribution is -2.42. The van der Waals surface area contributed by atoms with E-state index in [1.165, 1.54) is 37.1 Å². The molecule has 4 heteroatoms. The molecule has 1 fully saturated rings. The van der Waals surface area contributed by atoms with Crippen molar-refractivity contribution in [1.82, 2.24) is 4.90 Å². The SMILES string of the molecule is O=C(CCCN1CCCCC1CO)c1ccc(F)cc1. The Morgan fingerprint density at radius 2 is 2.05 bits per heavy atom. The molecule has 1 unspecified atom stereocenters. The van der Waals surface area contributed by atoms with E-state index in [2.05, 4.69) is 4.90 Å². The highest BCUT2D eigenvalue weighted by Crippen LogP contribution is 2.17. The second kappa shape index (κ2) is 7.50. The Labute approximate surface area is 119 Å². The lowest BCUT2D eigenvalue weighted by Gasteiger charge is -2.34. The lowest BCUT2D eigenvalue weighted by molar-refractivity contribution is 0.0847. The summed E-state index contributed by atoms with van der Waals surface area (Å²) in [6, 6.07) is 5.97. The summed E-state index contributed by atoms with van der Waals surface area (Å²) in [6.45, 7) is 2.06. The minimum absolute atomic E-state index is 0.0579. The first kappa shape index (κ1) is 15.1. The molecule has 1 atom stereocenters. The van der Waals surface area contributed by atoms with E-state index in [9.17, 15) is 14.3 Å². The van der Waals surface area contributed by atoms with Crippen molar-refractivity contribution in [1.29, 1.82) is 0 Å². The first-order chi connectivity index (χ1) is 9.70. The molecule has 0 amide bonds. The summed E-state index contributed by atoms with van der Waals surface area (Å²) >= 11 is 0. The van der Waals surface area contributed by atoms with Gasteiger partial charge in [-0.25, -0.2) is 4.39 Å². The number of carbonyl (C=O) groups is 1. The number of rotatable bonds is 6. The second-order valence-corrected chi connectivity index (χ2v) is 5.40. The number of aliphatic hydroxyl groups excluding tert-OH is 1. The van der Waals surface area contributed by atoms with Crippen molar-refractivity contribution < 1.29 is 14.3 Å². The van der Waals surface area contributed by atoms with Gasteiger partial charge in [-0.3, -0.25) is 9.69 Å². The van der Waals surface area contributed by atoms with Crippen LogP contribution in [0.5, 0.6) is 0 Å². The standard InChI is InChI=1S/C16H22FNO2/c17-14-8-6-13(7-9-14)16(20)5-3-11-18-10-2-1-4-15(18)12-19/h6-9,15,19H,1-5,10-12H2. The van der Waals surface area contributed by atoms with Gasteiger partial charge in [0.1, 0.15) is 5.82 Å². The summed E-state index contributed by atoms with van der Waals surface area (Å²) in [5.41, 5.74) is 0.573. The van der Waals surface area contributed by atoms with Crippen molar-refractivity contribution in [3.63, 3.8) is 0 Å². The molecule has 20 heavy (non-hydrogen) atoms. The quantitative estimate of drug-likeness (QED) is 0.814. The lowest BCUT2D eigenvalue weighted by atomic mass is 10.0. The molecular weight excluding hydrogens is 257 g/mol. The fourth-order valence-corrected chi connectivity index (χ4v) is 2.78. The van der Waals surface area contributed by atoms with Gasteiger partial charge < -0.3 is 5.11 Å². The van der Waals surface area contributed by atoms with Gasteiger partial charge >= 0.3 is 0 Å². The van der Waals surface area contributed by atoms with Crippen LogP contribution < -0.4 is 0 Å². The molecule has 1 aromatic carbocycles. The fourth-order valence-electron chi connectivity index (χ4n) is 2.78. The smallest absolute Gasteiger partial charge is 0.162 e. The van der Waals surface area contributed by atoms with Gasteiger partial charge in [-0.1, -0.05) is 6.42 Å². The highest BCUT2D eigenvalue weighted by atomic mass is 19.1. The van der Waals surface area contributed by atoms with Gasteiger partial charge in [0.05, 0.1) is 6.61 Å². The van der Waals surface area contributed by atoms with Crippen molar-refractivity contribution in [2.75, 3.05) is 19.7 Å². The van der Waals surface area contributed by atoms with Crippen LogP contribution in [0.4, 0.5) is 4.39 Å². The molecule has 0 bridgehead atoms. The molecule has 1 aliphatic rings. The molecule has 1 N–H and O–H groups in total. The number of Topliss-reactive ketones (excluding diaryl/α,β-unsaturated/α-hetero) is 1. The summed E-state index contributed by atoms with van der Waals surface area (Å²) < 4.78 is 12.8. The number of ketones is 1. The summed E-state index contributed by atoms with van der Waals surface area (Å²) in [7, 11) is 0. The number of piperidine rings is 1. The zero-order chi connectivity index (χ0) is 14.4. The first-order valence-corrected chi connectivity index (χ1v) is 7.34. The number of carbonyl (C=O) groups excluding carboxylic acids is 1. The average molecular weight is 279 g/mol. The zero-order valence-electron chi connectivity index (χ0n) is 11.7. The largest absolute Gasteiger partial charge is 0.395 e. The van der Waals surface area contributed by atoms with E-state index in [0.29, 0.717) is 12.0 Å². The van der Waals surface area contributed by atoms with E-state index in [1.807, 2.05) is 0 Å². The number of aliphatic hydroxyl groups is 1. The van der Waals surface area contributed by atoms with Crippen LogP contribution in [0.25, 0.3) is 0 Å². The Bertz CT molecular complexity index is 433. The van der Waals surface area contributed by atoms with E-state index >= 15 is 0 Å². The van der Waals surface area contributed by atoms with Crippen molar-refractivity contribution in [3.05, 3.63) is 35.6 Å². The minimum Gasteiger partial charge on any atom is -0.395 e. The number of nitrogens with zero attached hydrogens (tertiary/aromatic N) is 1. The summed E-state index contributed by atoms with van der Waals surface area (Å²) in [5.74, 6) is -0.261. The molecule has 0 aliphatic carbocycles. The second-order valence-electron chi connectivity index (χ2n) is 5.40. The van der Waals surface area contributed by atoms with Crippen LogP contribution in [-0.2, 0) is 0 Å². The zero-order valence-corrected chi connectivity index (χ0v) is 11.7. The van der Waals surface area contributed by atoms with Crippen LogP contribution in [0, 0.1) is 5.82 Å². The molecule has 0 radical (unpaired) electrons. The molecule has 2 rings (SSSR count). The maximum Gasteiger partial charge on any atom is 0.162 e. The van der Waals surface area contributed by atoms with Gasteiger partial charge in [0.2, 0.25) is 0 Å². The third-order valence-corrected chi connectivity index (χ3v) is 3.98. The monoisotopic (exact) mass is 279 g/mol. The predicted octanol–water partition coefficient (Wildman–Crippen LogP) is 2.64. The maximum absolute atomic E-state index is 12.8. The van der Waals surface area contributed by atoms with Gasteiger partial charge in [-0.05, 0) is 56.6 Å². The van der Waals surface area contributed by atoms with Crippen molar-refractivity contribution in [2.45, 2.75) is 38.1 Å². The van der Waals surface area contributed by atoms with Crippen molar-refractivity contribution in [2.24, 2.45) is 0 Å². The highest BCUT2D eigenvalue weighted by molar-refractivity contribution is 5.95. The van der Waals surface area contributed by atoms with Crippen LogP contribution in [0.15, 0.2) is 24.3 Å². The van der Waals surface area contributed by atoms with Gasteiger partial charge in [-0.15, -0.1) is 0 Å². The highest BCUT2D eigenvalue weighted by Gasteiger charge is 2.21. The fraction of sp³-hybridized carbons (Fsp3) is 0.562. The molecule has 0 spiro atoms. The van der Waals surface area contributed by atoms with Crippen molar-refractivity contribution in [3.8, 4) is 0 Å². The van der Waals surface area contributed by atoms with Crippen LogP contribution in [0.3, 0.4) is 0 Å². The molecule has 1 aromatic rings. The van der Waals surface area contributed by atoms with E-state index in [0.717, 1.165) is 25.9 Å². The molecule has 110 valence electrons. The Morgan fingerprint density at radius 3 is 2.75 bits per heavy atom. The number of benzene rings is 1. The molecule has 1 aliphatic heterocycles. The predicted molar refractivity (Wildman–Crippen MR) is 76.3 cm³/mol. The maximum atomic E-state index is 12.8. The molecule has 1 heterocycles. The van der Waals surface area contributed by atoms with Crippen LogP contribution >= 0.6 is 0 Å². The number of hydrogen-bond donors (Lipinski definition) is 1. The Kier molecular flexibility index (Phi) is 5.68. The van der Waals surface area contributed by atoms with Crippen LogP contribution in [0.2, 0.25) is 0 Å². The van der Waals surface area contributed by atoms with Gasteiger partial charge in [0, 0.05) is 18.0 Å². The van der Waals surface area contributed by atoms with Gasteiger partial charge in [0.25, 0.3) is 0 Å². The number of likely N-dealkylation sites (tertiary alicyclic amines) is 1. The third kappa shape index (κ3) is 4.12. The topological polar surface area (TPSA) is 40.5 Å². The Hall–Kier alpha value is -1.26. The number of hydrogen-bond acceptors (Lipinski definition) is 3. The summed E-state index contributed by atoms with van der Waals surface area (Å²) in [5, 5.41) is 9.33. The first-order valence-electron chi connectivity index (χ1n) is 7.34.